The van der Waals surface area contributed by atoms with Crippen LogP contribution >= 0.6 is 11.6 Å². The van der Waals surface area contributed by atoms with Crippen molar-refractivity contribution in [2.75, 3.05) is 40.3 Å². The number of hydrogen-bond acceptors (Lipinski definition) is 3. The third-order valence-electron chi connectivity index (χ3n) is 4.44. The van der Waals surface area contributed by atoms with Crippen molar-refractivity contribution in [3.8, 4) is 5.75 Å². The van der Waals surface area contributed by atoms with Crippen LogP contribution in [-0.2, 0) is 5.41 Å². The summed E-state index contributed by atoms with van der Waals surface area (Å²) in [5.41, 5.74) is 1.36. The molecule has 2 rings (SSSR count). The molecule has 0 bridgehead atoms. The minimum Gasteiger partial charge on any atom is -0.491 e. The van der Waals surface area contributed by atoms with E-state index in [-0.39, 0.29) is 5.41 Å². The normalized spacial score (nSPS) is 19.9. The summed E-state index contributed by atoms with van der Waals surface area (Å²) in [6.07, 6.45) is 1.24. The molecule has 0 aliphatic carbocycles. The maximum Gasteiger partial charge on any atom is 0.138 e. The number of benzene rings is 1. The molecule has 4 heteroatoms. The predicted molar refractivity (Wildman–Crippen MR) is 94.2 cm³/mol. The molecule has 0 aromatic heterocycles. The van der Waals surface area contributed by atoms with Crippen LogP contribution in [-0.4, -0.2) is 56.2 Å². The van der Waals surface area contributed by atoms with E-state index in [1.807, 2.05) is 6.07 Å². The summed E-state index contributed by atoms with van der Waals surface area (Å²) in [4.78, 5) is 4.77. The Morgan fingerprint density at radius 2 is 2.05 bits per heavy atom. The molecule has 0 N–H and O–H groups in total. The Hall–Kier alpha value is -0.770. The van der Waals surface area contributed by atoms with E-state index in [4.69, 9.17) is 16.3 Å². The van der Waals surface area contributed by atoms with Crippen LogP contribution in [0.25, 0.3) is 0 Å². The van der Waals surface area contributed by atoms with Gasteiger partial charge in [0.05, 0.1) is 5.02 Å². The zero-order valence-corrected chi connectivity index (χ0v) is 15.3. The van der Waals surface area contributed by atoms with Gasteiger partial charge >= 0.3 is 0 Å². The molecule has 0 amide bonds. The van der Waals surface area contributed by atoms with Gasteiger partial charge in [-0.3, -0.25) is 4.90 Å². The molecule has 1 saturated heterocycles. The van der Waals surface area contributed by atoms with E-state index in [9.17, 15) is 0 Å². The van der Waals surface area contributed by atoms with Crippen LogP contribution in [0.3, 0.4) is 0 Å². The fourth-order valence-corrected chi connectivity index (χ4v) is 2.97. The van der Waals surface area contributed by atoms with Gasteiger partial charge in [-0.05, 0) is 50.2 Å². The van der Waals surface area contributed by atoms with Gasteiger partial charge in [0.2, 0.25) is 0 Å². The monoisotopic (exact) mass is 324 g/mol. The van der Waals surface area contributed by atoms with Crippen LogP contribution in [0.15, 0.2) is 18.2 Å². The summed E-state index contributed by atoms with van der Waals surface area (Å²) in [6, 6.07) is 6.77. The zero-order chi connectivity index (χ0) is 16.3. The second-order valence-electron chi connectivity index (χ2n) is 7.45. The topological polar surface area (TPSA) is 15.7 Å². The molecule has 1 aromatic rings. The van der Waals surface area contributed by atoms with Gasteiger partial charge in [0, 0.05) is 19.1 Å². The first-order valence-electron chi connectivity index (χ1n) is 8.09. The fraction of sp³-hybridized carbons (Fsp3) is 0.667. The smallest absolute Gasteiger partial charge is 0.138 e. The lowest BCUT2D eigenvalue weighted by molar-refractivity contribution is 0.220. The van der Waals surface area contributed by atoms with Crippen molar-refractivity contribution in [3.05, 3.63) is 28.8 Å². The average Bonchev–Trinajstić information content (AvgIpc) is 2.88. The highest BCUT2D eigenvalue weighted by Crippen LogP contribution is 2.31. The van der Waals surface area contributed by atoms with Gasteiger partial charge in [0.1, 0.15) is 12.4 Å². The van der Waals surface area contributed by atoms with E-state index >= 15 is 0 Å². The highest BCUT2D eigenvalue weighted by molar-refractivity contribution is 6.32. The van der Waals surface area contributed by atoms with E-state index < -0.39 is 0 Å². The molecule has 22 heavy (non-hydrogen) atoms. The number of ether oxygens (including phenoxy) is 1. The van der Waals surface area contributed by atoms with Crippen LogP contribution in [0, 0.1) is 0 Å². The maximum absolute atomic E-state index is 6.26. The molecular formula is C18H29ClN2O. The molecule has 1 aromatic carbocycles. The Labute approximate surface area is 140 Å². The molecule has 1 aliphatic rings. The van der Waals surface area contributed by atoms with Gasteiger partial charge in [-0.1, -0.05) is 38.4 Å². The summed E-state index contributed by atoms with van der Waals surface area (Å²) in [6.45, 7) is 10.5. The Kier molecular flexibility index (Phi) is 5.76. The summed E-state index contributed by atoms with van der Waals surface area (Å²) >= 11 is 6.26. The van der Waals surface area contributed by atoms with Gasteiger partial charge in [0.25, 0.3) is 0 Å². The number of rotatable bonds is 5. The van der Waals surface area contributed by atoms with E-state index in [0.29, 0.717) is 17.7 Å². The van der Waals surface area contributed by atoms with Crippen molar-refractivity contribution in [1.82, 2.24) is 9.80 Å². The molecule has 0 radical (unpaired) electrons. The van der Waals surface area contributed by atoms with Crippen LogP contribution in [0.5, 0.6) is 5.75 Å². The van der Waals surface area contributed by atoms with Crippen LogP contribution < -0.4 is 4.74 Å². The highest BCUT2D eigenvalue weighted by Gasteiger charge is 2.23. The van der Waals surface area contributed by atoms with Crippen molar-refractivity contribution in [1.29, 1.82) is 0 Å². The number of likely N-dealkylation sites (N-methyl/N-ethyl adjacent to an activating group) is 1. The zero-order valence-electron chi connectivity index (χ0n) is 14.5. The van der Waals surface area contributed by atoms with Crippen LogP contribution in [0.2, 0.25) is 5.02 Å². The predicted octanol–water partition coefficient (Wildman–Crippen LogP) is 3.65. The molecule has 1 heterocycles. The quantitative estimate of drug-likeness (QED) is 0.822. The highest BCUT2D eigenvalue weighted by atomic mass is 35.5. The minimum absolute atomic E-state index is 0.108. The van der Waals surface area contributed by atoms with Gasteiger partial charge < -0.3 is 9.64 Å². The maximum atomic E-state index is 6.26. The van der Waals surface area contributed by atoms with Crippen molar-refractivity contribution in [2.24, 2.45) is 0 Å². The largest absolute Gasteiger partial charge is 0.491 e. The summed E-state index contributed by atoms with van der Waals surface area (Å²) in [5, 5.41) is 0.695. The third-order valence-corrected chi connectivity index (χ3v) is 4.75. The van der Waals surface area contributed by atoms with Gasteiger partial charge in [-0.15, -0.1) is 0 Å². The van der Waals surface area contributed by atoms with E-state index in [1.54, 1.807) is 0 Å². The molecular weight excluding hydrogens is 296 g/mol. The van der Waals surface area contributed by atoms with Crippen molar-refractivity contribution < 1.29 is 4.74 Å². The summed E-state index contributed by atoms with van der Waals surface area (Å²) in [5.74, 6) is 0.803. The second-order valence-corrected chi connectivity index (χ2v) is 7.86. The molecule has 1 atom stereocenters. The number of nitrogens with zero attached hydrogens (tertiary/aromatic N) is 2. The average molecular weight is 325 g/mol. The van der Waals surface area contributed by atoms with Crippen molar-refractivity contribution >= 4 is 11.6 Å². The lowest BCUT2D eigenvalue weighted by atomic mass is 9.87. The van der Waals surface area contributed by atoms with Gasteiger partial charge in [-0.25, -0.2) is 0 Å². The van der Waals surface area contributed by atoms with Crippen LogP contribution in [0.4, 0.5) is 0 Å². The lowest BCUT2D eigenvalue weighted by Crippen LogP contribution is -2.33. The van der Waals surface area contributed by atoms with Crippen LogP contribution in [0.1, 0.15) is 32.8 Å². The summed E-state index contributed by atoms with van der Waals surface area (Å²) in [7, 11) is 4.31. The van der Waals surface area contributed by atoms with Crippen molar-refractivity contribution in [2.45, 2.75) is 38.6 Å². The first kappa shape index (κ1) is 17.6. The standard InChI is InChI=1S/C18H29ClN2O/c1-18(2,3)14-6-7-16(19)17(12-14)22-11-10-21-9-8-15(13-21)20(4)5/h6-7,12,15H,8-11,13H2,1-5H3. The molecule has 3 nitrogen and oxygen atoms in total. The molecule has 1 aliphatic heterocycles. The fourth-order valence-electron chi connectivity index (χ4n) is 2.80. The summed E-state index contributed by atoms with van der Waals surface area (Å²) < 4.78 is 5.94. The molecule has 0 saturated carbocycles. The molecule has 1 fully saturated rings. The molecule has 0 spiro atoms. The first-order valence-corrected chi connectivity index (χ1v) is 8.47. The van der Waals surface area contributed by atoms with Gasteiger partial charge in [-0.2, -0.15) is 0 Å². The Morgan fingerprint density at radius 1 is 1.32 bits per heavy atom. The molecule has 1 unspecified atom stereocenters. The van der Waals surface area contributed by atoms with E-state index in [2.05, 4.69) is 56.8 Å². The van der Waals surface area contributed by atoms with E-state index in [1.165, 1.54) is 12.0 Å². The number of hydrogen-bond donors (Lipinski definition) is 0. The second kappa shape index (κ2) is 7.20. The first-order chi connectivity index (χ1) is 10.3. The Bertz CT molecular complexity index is 496. The Morgan fingerprint density at radius 3 is 2.64 bits per heavy atom. The van der Waals surface area contributed by atoms with E-state index in [0.717, 1.165) is 25.4 Å². The SMILES string of the molecule is CN(C)C1CCN(CCOc2cc(C(C)(C)C)ccc2Cl)C1. The van der Waals surface area contributed by atoms with Crippen molar-refractivity contribution in [3.63, 3.8) is 0 Å². The Balaban J connectivity index is 1.87. The lowest BCUT2D eigenvalue weighted by Gasteiger charge is -2.22. The number of likely N-dealkylation sites (tertiary alicyclic amines) is 1. The third kappa shape index (κ3) is 4.61. The minimum atomic E-state index is 0.108. The number of halogens is 1. The molecule has 124 valence electrons. The van der Waals surface area contributed by atoms with Gasteiger partial charge in [0.15, 0.2) is 0 Å².